The van der Waals surface area contributed by atoms with Gasteiger partial charge in [-0.25, -0.2) is 0 Å². The van der Waals surface area contributed by atoms with Crippen LogP contribution in [0.3, 0.4) is 0 Å². The second-order valence-corrected chi connectivity index (χ2v) is 5.74. The van der Waals surface area contributed by atoms with Crippen LogP contribution in [0.15, 0.2) is 12.1 Å². The zero-order valence-electron chi connectivity index (χ0n) is 11.8. The number of carbonyl (C=O) groups is 2. The first-order valence-electron chi connectivity index (χ1n) is 6.63. The molecular formula is C15H18ClNO3. The van der Waals surface area contributed by atoms with Crippen LogP contribution < -0.4 is 10.1 Å². The molecule has 20 heavy (non-hydrogen) atoms. The first-order chi connectivity index (χ1) is 9.40. The number of halogens is 1. The summed E-state index contributed by atoms with van der Waals surface area (Å²) in [5, 5.41) is 2.32. The van der Waals surface area contributed by atoms with Crippen LogP contribution in [0.5, 0.6) is 5.75 Å². The van der Waals surface area contributed by atoms with E-state index in [0.717, 1.165) is 16.9 Å². The number of hydrogen-bond acceptors (Lipinski definition) is 3. The van der Waals surface area contributed by atoms with Crippen molar-refractivity contribution in [1.82, 2.24) is 5.32 Å². The van der Waals surface area contributed by atoms with Gasteiger partial charge in [0.15, 0.2) is 5.78 Å². The molecule has 2 atom stereocenters. The highest BCUT2D eigenvalue weighted by molar-refractivity contribution is 6.33. The molecule has 0 fully saturated rings. The van der Waals surface area contributed by atoms with Gasteiger partial charge in [-0.15, -0.1) is 11.6 Å². The molecule has 0 saturated carbocycles. The summed E-state index contributed by atoms with van der Waals surface area (Å²) in [4.78, 5) is 23.3. The van der Waals surface area contributed by atoms with Crippen LogP contribution in [0.25, 0.3) is 0 Å². The molecule has 1 aromatic rings. The molecule has 108 valence electrons. The molecule has 0 aliphatic carbocycles. The molecule has 1 aliphatic rings. The van der Waals surface area contributed by atoms with E-state index in [4.69, 9.17) is 16.3 Å². The van der Waals surface area contributed by atoms with E-state index in [1.807, 2.05) is 6.92 Å². The molecule has 0 spiro atoms. The van der Waals surface area contributed by atoms with Crippen LogP contribution in [-0.4, -0.2) is 23.7 Å². The Morgan fingerprint density at radius 3 is 2.75 bits per heavy atom. The molecule has 4 nitrogen and oxygen atoms in total. The average molecular weight is 296 g/mol. The smallest absolute Gasteiger partial charge is 0.217 e. The second kappa shape index (κ2) is 5.83. The molecule has 0 radical (unpaired) electrons. The van der Waals surface area contributed by atoms with Crippen molar-refractivity contribution in [3.63, 3.8) is 0 Å². The van der Waals surface area contributed by atoms with Crippen molar-refractivity contribution in [3.8, 4) is 5.75 Å². The van der Waals surface area contributed by atoms with Gasteiger partial charge in [-0.3, -0.25) is 9.59 Å². The number of alkyl halides is 1. The Hall–Kier alpha value is -1.55. The molecule has 0 saturated heterocycles. The highest BCUT2D eigenvalue weighted by Gasteiger charge is 2.26. The van der Waals surface area contributed by atoms with Gasteiger partial charge in [-0.1, -0.05) is 0 Å². The summed E-state index contributed by atoms with van der Waals surface area (Å²) in [7, 11) is 0. The summed E-state index contributed by atoms with van der Waals surface area (Å²) < 4.78 is 5.67. The fraction of sp³-hybridized carbons (Fsp3) is 0.467. The first-order valence-corrected chi connectivity index (χ1v) is 7.06. The Morgan fingerprint density at radius 1 is 1.45 bits per heavy atom. The van der Waals surface area contributed by atoms with E-state index < -0.39 is 5.38 Å². The van der Waals surface area contributed by atoms with Crippen molar-refractivity contribution in [2.45, 2.75) is 38.6 Å². The molecule has 0 aromatic heterocycles. The summed E-state index contributed by atoms with van der Waals surface area (Å²) in [6, 6.07) is 3.45. The maximum absolute atomic E-state index is 12.1. The number of fused-ring (bicyclic) bond motifs is 1. The minimum absolute atomic E-state index is 0.0945. The van der Waals surface area contributed by atoms with E-state index >= 15 is 0 Å². The van der Waals surface area contributed by atoms with Gasteiger partial charge < -0.3 is 10.1 Å². The van der Waals surface area contributed by atoms with E-state index in [9.17, 15) is 9.59 Å². The molecule has 2 rings (SSSR count). The Labute approximate surface area is 123 Å². The summed E-state index contributed by atoms with van der Waals surface area (Å²) in [6.45, 7) is 5.58. The quantitative estimate of drug-likeness (QED) is 0.689. The van der Waals surface area contributed by atoms with Crippen LogP contribution in [0, 0.1) is 6.92 Å². The minimum atomic E-state index is -0.573. The number of carbonyl (C=O) groups excluding carboxylic acids is 2. The van der Waals surface area contributed by atoms with E-state index in [0.29, 0.717) is 18.6 Å². The van der Waals surface area contributed by atoms with Gasteiger partial charge in [0.2, 0.25) is 5.91 Å². The monoisotopic (exact) mass is 295 g/mol. The van der Waals surface area contributed by atoms with E-state index in [1.54, 1.807) is 19.1 Å². The van der Waals surface area contributed by atoms with Crippen molar-refractivity contribution >= 4 is 23.3 Å². The lowest BCUT2D eigenvalue weighted by atomic mass is 9.93. The third-order valence-corrected chi connectivity index (χ3v) is 3.55. The van der Waals surface area contributed by atoms with Crippen LogP contribution >= 0.6 is 11.6 Å². The molecule has 1 N–H and O–H groups in total. The topological polar surface area (TPSA) is 55.4 Å². The lowest BCUT2D eigenvalue weighted by Gasteiger charge is -2.28. The Morgan fingerprint density at radius 2 is 2.15 bits per heavy atom. The summed E-state index contributed by atoms with van der Waals surface area (Å²) in [5.41, 5.74) is 2.30. The third-order valence-electron chi connectivity index (χ3n) is 3.35. The van der Waals surface area contributed by atoms with Crippen molar-refractivity contribution in [2.24, 2.45) is 0 Å². The number of nitrogens with one attached hydrogen (secondary N) is 1. The van der Waals surface area contributed by atoms with E-state index in [-0.39, 0.29) is 17.7 Å². The minimum Gasteiger partial charge on any atom is -0.493 e. The number of rotatable bonds is 3. The predicted octanol–water partition coefficient (Wildman–Crippen LogP) is 2.76. The van der Waals surface area contributed by atoms with E-state index in [2.05, 4.69) is 5.32 Å². The standard InChI is InChI=1S/C15H18ClNO3/c1-8-6-11(14(19)9(2)16)7-12-13(17-10(3)18)4-5-20-15(8)12/h6-7,9,13H,4-5H2,1-3H3,(H,17,18). The van der Waals surface area contributed by atoms with Crippen molar-refractivity contribution in [3.05, 3.63) is 28.8 Å². The summed E-state index contributed by atoms with van der Waals surface area (Å²) in [6.07, 6.45) is 0.695. The fourth-order valence-corrected chi connectivity index (χ4v) is 2.58. The number of aryl methyl sites for hydroxylation is 1. The van der Waals surface area contributed by atoms with Crippen molar-refractivity contribution in [2.75, 3.05) is 6.61 Å². The van der Waals surface area contributed by atoms with Crippen LogP contribution in [0.4, 0.5) is 0 Å². The number of benzene rings is 1. The SMILES string of the molecule is CC(=O)NC1CCOc2c(C)cc(C(=O)C(C)Cl)cc21. The Balaban J connectivity index is 2.45. The predicted molar refractivity (Wildman–Crippen MR) is 77.5 cm³/mol. The van der Waals surface area contributed by atoms with Gasteiger partial charge in [-0.2, -0.15) is 0 Å². The second-order valence-electron chi connectivity index (χ2n) is 5.08. The highest BCUT2D eigenvalue weighted by atomic mass is 35.5. The first kappa shape index (κ1) is 14.9. The Bertz CT molecular complexity index is 554. The number of ketones is 1. The fourth-order valence-electron chi connectivity index (χ4n) is 2.46. The number of Topliss-reactive ketones (excluding diaryl/α,β-unsaturated/α-hetero) is 1. The number of ether oxygens (including phenoxy) is 1. The number of amides is 1. The largest absolute Gasteiger partial charge is 0.493 e. The van der Waals surface area contributed by atoms with Gasteiger partial charge in [0.05, 0.1) is 18.0 Å². The van der Waals surface area contributed by atoms with Crippen molar-refractivity contribution in [1.29, 1.82) is 0 Å². The summed E-state index contributed by atoms with van der Waals surface area (Å²) in [5.74, 6) is 0.543. The van der Waals surface area contributed by atoms with Gasteiger partial charge in [0.1, 0.15) is 5.75 Å². The van der Waals surface area contributed by atoms with Crippen LogP contribution in [0.1, 0.15) is 47.8 Å². The normalized spacial score (nSPS) is 18.7. The molecule has 5 heteroatoms. The maximum atomic E-state index is 12.1. The highest BCUT2D eigenvalue weighted by Crippen LogP contribution is 2.36. The molecular weight excluding hydrogens is 278 g/mol. The molecule has 2 unspecified atom stereocenters. The molecule has 1 amide bonds. The molecule has 1 aliphatic heterocycles. The average Bonchev–Trinajstić information content (AvgIpc) is 2.38. The maximum Gasteiger partial charge on any atom is 0.217 e. The molecule has 1 aromatic carbocycles. The third kappa shape index (κ3) is 2.96. The zero-order chi connectivity index (χ0) is 14.9. The lowest BCUT2D eigenvalue weighted by molar-refractivity contribution is -0.119. The van der Waals surface area contributed by atoms with Gasteiger partial charge >= 0.3 is 0 Å². The van der Waals surface area contributed by atoms with Crippen molar-refractivity contribution < 1.29 is 14.3 Å². The van der Waals surface area contributed by atoms with Crippen LogP contribution in [-0.2, 0) is 4.79 Å². The van der Waals surface area contributed by atoms with E-state index in [1.165, 1.54) is 6.92 Å². The summed E-state index contributed by atoms with van der Waals surface area (Å²) >= 11 is 5.87. The van der Waals surface area contributed by atoms with Gasteiger partial charge in [0.25, 0.3) is 0 Å². The Kier molecular flexibility index (Phi) is 4.33. The van der Waals surface area contributed by atoms with Gasteiger partial charge in [0, 0.05) is 24.5 Å². The molecule has 1 heterocycles. The molecule has 0 bridgehead atoms. The van der Waals surface area contributed by atoms with Crippen LogP contribution in [0.2, 0.25) is 0 Å². The number of hydrogen-bond donors (Lipinski definition) is 1. The van der Waals surface area contributed by atoms with Gasteiger partial charge in [-0.05, 0) is 31.5 Å². The zero-order valence-corrected chi connectivity index (χ0v) is 12.6. The lowest BCUT2D eigenvalue weighted by Crippen LogP contribution is -2.31.